The fourth-order valence-electron chi connectivity index (χ4n) is 3.21. The van der Waals surface area contributed by atoms with Crippen molar-refractivity contribution < 1.29 is 4.79 Å². The molecule has 0 saturated heterocycles. The molecular weight excluding hydrogens is 312 g/mol. The molecule has 0 spiro atoms. The Morgan fingerprint density at radius 1 is 1.08 bits per heavy atom. The van der Waals surface area contributed by atoms with E-state index < -0.39 is 0 Å². The number of para-hydroxylation sites is 1. The lowest BCUT2D eigenvalue weighted by atomic mass is 10.1. The number of anilines is 2. The zero-order valence-electron chi connectivity index (χ0n) is 14.1. The van der Waals surface area contributed by atoms with Gasteiger partial charge in [0.1, 0.15) is 5.82 Å². The van der Waals surface area contributed by atoms with E-state index in [4.69, 9.17) is 0 Å². The maximum atomic E-state index is 12.2. The van der Waals surface area contributed by atoms with Gasteiger partial charge < -0.3 is 15.2 Å². The van der Waals surface area contributed by atoms with Crippen LogP contribution in [0.15, 0.2) is 54.7 Å². The van der Waals surface area contributed by atoms with Crippen LogP contribution in [0.3, 0.4) is 0 Å². The van der Waals surface area contributed by atoms with Crippen molar-refractivity contribution in [1.82, 2.24) is 9.55 Å². The van der Waals surface area contributed by atoms with Crippen molar-refractivity contribution in [3.8, 4) is 11.3 Å². The molecule has 5 nitrogen and oxygen atoms in total. The first-order chi connectivity index (χ1) is 12.2. The van der Waals surface area contributed by atoms with E-state index in [1.165, 1.54) is 0 Å². The summed E-state index contributed by atoms with van der Waals surface area (Å²) in [5.74, 6) is 1.16. The summed E-state index contributed by atoms with van der Waals surface area (Å²) in [5, 5.41) is 5.74. The van der Waals surface area contributed by atoms with Crippen LogP contribution in [-0.4, -0.2) is 15.6 Å². The monoisotopic (exact) mass is 332 g/mol. The first-order valence-electron chi connectivity index (χ1n) is 8.49. The largest absolute Gasteiger partial charge is 0.328 e. The maximum Gasteiger partial charge on any atom is 0.323 e. The van der Waals surface area contributed by atoms with Crippen molar-refractivity contribution >= 4 is 17.4 Å². The Morgan fingerprint density at radius 2 is 1.88 bits per heavy atom. The minimum atomic E-state index is -0.243. The van der Waals surface area contributed by atoms with E-state index in [0.29, 0.717) is 0 Å². The van der Waals surface area contributed by atoms with Gasteiger partial charge in [-0.15, -0.1) is 0 Å². The molecule has 0 fully saturated rings. The first-order valence-corrected chi connectivity index (χ1v) is 8.49. The molecule has 0 atom stereocenters. The molecule has 0 bridgehead atoms. The molecule has 126 valence electrons. The number of hydrogen-bond donors (Lipinski definition) is 2. The van der Waals surface area contributed by atoms with Gasteiger partial charge in [-0.05, 0) is 42.7 Å². The average Bonchev–Trinajstić information content (AvgIpc) is 3.21. The van der Waals surface area contributed by atoms with Gasteiger partial charge in [0.05, 0.1) is 11.9 Å². The Morgan fingerprint density at radius 3 is 2.68 bits per heavy atom. The van der Waals surface area contributed by atoms with Crippen LogP contribution < -0.4 is 10.6 Å². The number of hydrogen-bond acceptors (Lipinski definition) is 2. The summed E-state index contributed by atoms with van der Waals surface area (Å²) in [4.78, 5) is 16.6. The topological polar surface area (TPSA) is 59.0 Å². The number of aryl methyl sites for hydroxylation is 2. The SMILES string of the molecule is Cc1ccccc1NC(=O)Nc1ccc(-c2cnc3n2CCC3)cc1. The molecule has 0 radical (unpaired) electrons. The van der Waals surface area contributed by atoms with Crippen LogP contribution in [-0.2, 0) is 13.0 Å². The smallest absolute Gasteiger partial charge is 0.323 e. The average molecular weight is 332 g/mol. The number of nitrogens with one attached hydrogen (secondary N) is 2. The van der Waals surface area contributed by atoms with Gasteiger partial charge >= 0.3 is 6.03 Å². The van der Waals surface area contributed by atoms with Gasteiger partial charge in [-0.2, -0.15) is 0 Å². The summed E-state index contributed by atoms with van der Waals surface area (Å²) < 4.78 is 2.27. The molecule has 1 aliphatic rings. The molecule has 0 aliphatic carbocycles. The third-order valence-electron chi connectivity index (χ3n) is 4.55. The maximum absolute atomic E-state index is 12.2. The standard InChI is InChI=1S/C20H20N4O/c1-14-5-2-3-6-17(14)23-20(25)22-16-10-8-15(9-11-16)18-13-21-19-7-4-12-24(18)19/h2-3,5-6,8-11,13H,4,7,12H2,1H3,(H2,22,23,25). The lowest BCUT2D eigenvalue weighted by Crippen LogP contribution is -2.19. The zero-order valence-corrected chi connectivity index (χ0v) is 14.1. The van der Waals surface area contributed by atoms with Crippen molar-refractivity contribution in [2.24, 2.45) is 0 Å². The van der Waals surface area contributed by atoms with Crippen molar-refractivity contribution in [2.45, 2.75) is 26.3 Å². The zero-order chi connectivity index (χ0) is 17.2. The fourth-order valence-corrected chi connectivity index (χ4v) is 3.21. The molecule has 4 rings (SSSR count). The van der Waals surface area contributed by atoms with E-state index >= 15 is 0 Å². The molecule has 1 aromatic heterocycles. The van der Waals surface area contributed by atoms with Gasteiger partial charge in [-0.25, -0.2) is 9.78 Å². The molecule has 3 aromatic rings. The number of imidazole rings is 1. The van der Waals surface area contributed by atoms with Crippen LogP contribution in [0.2, 0.25) is 0 Å². The number of urea groups is 1. The molecule has 0 unspecified atom stereocenters. The second-order valence-corrected chi connectivity index (χ2v) is 6.29. The van der Waals surface area contributed by atoms with Gasteiger partial charge in [0.2, 0.25) is 0 Å². The van der Waals surface area contributed by atoms with Crippen molar-refractivity contribution in [3.05, 3.63) is 66.1 Å². The number of aromatic nitrogens is 2. The highest BCUT2D eigenvalue weighted by Gasteiger charge is 2.16. The van der Waals surface area contributed by atoms with Gasteiger partial charge in [-0.3, -0.25) is 0 Å². The van der Waals surface area contributed by atoms with E-state index in [-0.39, 0.29) is 6.03 Å². The van der Waals surface area contributed by atoms with Crippen molar-refractivity contribution in [3.63, 3.8) is 0 Å². The van der Waals surface area contributed by atoms with E-state index in [1.807, 2.05) is 61.7 Å². The second kappa shape index (κ2) is 6.43. The lowest BCUT2D eigenvalue weighted by molar-refractivity contribution is 0.262. The molecular formula is C20H20N4O. The van der Waals surface area contributed by atoms with Crippen LogP contribution >= 0.6 is 0 Å². The van der Waals surface area contributed by atoms with E-state index in [0.717, 1.165) is 53.4 Å². The highest BCUT2D eigenvalue weighted by atomic mass is 16.2. The molecule has 2 amide bonds. The normalized spacial score (nSPS) is 12.7. The third-order valence-corrected chi connectivity index (χ3v) is 4.55. The Kier molecular flexibility index (Phi) is 3.98. The summed E-state index contributed by atoms with van der Waals surface area (Å²) in [5.41, 5.74) is 4.86. The molecule has 2 aromatic carbocycles. The Bertz CT molecular complexity index is 912. The van der Waals surface area contributed by atoms with Gasteiger partial charge in [0.25, 0.3) is 0 Å². The summed E-state index contributed by atoms with van der Waals surface area (Å²) in [6, 6.07) is 15.3. The fraction of sp³-hybridized carbons (Fsp3) is 0.200. The van der Waals surface area contributed by atoms with Crippen LogP contribution in [0.5, 0.6) is 0 Å². The van der Waals surface area contributed by atoms with E-state index in [2.05, 4.69) is 20.2 Å². The van der Waals surface area contributed by atoms with Crippen LogP contribution in [0.25, 0.3) is 11.3 Å². The molecule has 2 N–H and O–H groups in total. The lowest BCUT2D eigenvalue weighted by Gasteiger charge is -2.10. The van der Waals surface area contributed by atoms with Crippen molar-refractivity contribution in [1.29, 1.82) is 0 Å². The van der Waals surface area contributed by atoms with Crippen molar-refractivity contribution in [2.75, 3.05) is 10.6 Å². The Hall–Kier alpha value is -3.08. The second-order valence-electron chi connectivity index (χ2n) is 6.29. The van der Waals surface area contributed by atoms with Crippen LogP contribution in [0, 0.1) is 6.92 Å². The minimum Gasteiger partial charge on any atom is -0.328 e. The molecule has 5 heteroatoms. The highest BCUT2D eigenvalue weighted by molar-refractivity contribution is 6.00. The Balaban J connectivity index is 1.45. The molecule has 2 heterocycles. The molecule has 0 saturated carbocycles. The summed E-state index contributed by atoms with van der Waals surface area (Å²) >= 11 is 0. The van der Waals surface area contributed by atoms with Gasteiger partial charge in [-0.1, -0.05) is 30.3 Å². The Labute approximate surface area is 146 Å². The molecule has 25 heavy (non-hydrogen) atoms. The first kappa shape index (κ1) is 15.4. The number of carbonyl (C=O) groups excluding carboxylic acids is 1. The number of rotatable bonds is 3. The van der Waals surface area contributed by atoms with Gasteiger partial charge in [0, 0.05) is 24.3 Å². The summed E-state index contributed by atoms with van der Waals surface area (Å²) in [6.07, 6.45) is 4.15. The third kappa shape index (κ3) is 3.13. The van der Waals surface area contributed by atoms with Gasteiger partial charge in [0.15, 0.2) is 0 Å². The predicted molar refractivity (Wildman–Crippen MR) is 99.8 cm³/mol. The summed E-state index contributed by atoms with van der Waals surface area (Å²) in [6.45, 7) is 3.00. The molecule has 1 aliphatic heterocycles. The summed E-state index contributed by atoms with van der Waals surface area (Å²) in [7, 11) is 0. The number of amides is 2. The van der Waals surface area contributed by atoms with Crippen LogP contribution in [0.4, 0.5) is 16.2 Å². The number of fused-ring (bicyclic) bond motifs is 1. The highest BCUT2D eigenvalue weighted by Crippen LogP contribution is 2.26. The number of benzene rings is 2. The quantitative estimate of drug-likeness (QED) is 0.744. The number of nitrogens with zero attached hydrogens (tertiary/aromatic N) is 2. The van der Waals surface area contributed by atoms with E-state index in [9.17, 15) is 4.79 Å². The number of carbonyl (C=O) groups is 1. The minimum absolute atomic E-state index is 0.243. The van der Waals surface area contributed by atoms with E-state index in [1.54, 1.807) is 0 Å². The van der Waals surface area contributed by atoms with Crippen LogP contribution in [0.1, 0.15) is 17.8 Å². The predicted octanol–water partition coefficient (Wildman–Crippen LogP) is 4.45.